The number of ether oxygens (including phenoxy) is 1. The molecular formula is C15H21ClN2O2. The highest BCUT2D eigenvalue weighted by Crippen LogP contribution is 2.27. The summed E-state index contributed by atoms with van der Waals surface area (Å²) in [6, 6.07) is 7.16. The summed E-state index contributed by atoms with van der Waals surface area (Å²) in [5.41, 5.74) is 5.41. The Kier molecular flexibility index (Phi) is 4.89. The molecule has 1 amide bonds. The molecule has 1 unspecified atom stereocenters. The van der Waals surface area contributed by atoms with Gasteiger partial charge in [-0.2, -0.15) is 0 Å². The summed E-state index contributed by atoms with van der Waals surface area (Å²) >= 11 is 5.81. The number of rotatable bonds is 5. The van der Waals surface area contributed by atoms with Crippen molar-refractivity contribution in [1.82, 2.24) is 5.32 Å². The normalized spacial score (nSPS) is 18.6. The van der Waals surface area contributed by atoms with E-state index in [-0.39, 0.29) is 12.0 Å². The number of carbonyl (C=O) groups excluding carboxylic acids is 1. The van der Waals surface area contributed by atoms with Crippen molar-refractivity contribution in [3.05, 3.63) is 29.3 Å². The van der Waals surface area contributed by atoms with Crippen LogP contribution in [-0.4, -0.2) is 24.1 Å². The van der Waals surface area contributed by atoms with E-state index in [9.17, 15) is 4.79 Å². The maximum atomic E-state index is 12.1. The molecule has 1 fully saturated rings. The van der Waals surface area contributed by atoms with Gasteiger partial charge in [-0.05, 0) is 44.0 Å². The van der Waals surface area contributed by atoms with Crippen molar-refractivity contribution < 1.29 is 9.53 Å². The lowest BCUT2D eigenvalue weighted by molar-refractivity contribution is -0.126. The molecule has 1 aromatic carbocycles. The smallest absolute Gasteiger partial charge is 0.240 e. The van der Waals surface area contributed by atoms with Gasteiger partial charge in [0.1, 0.15) is 11.9 Å². The van der Waals surface area contributed by atoms with Crippen LogP contribution in [0.3, 0.4) is 0 Å². The molecule has 0 radical (unpaired) electrons. The number of nitrogens with two attached hydrogens (primary N) is 1. The summed E-state index contributed by atoms with van der Waals surface area (Å²) in [5.74, 6) is 0.668. The predicted molar refractivity (Wildman–Crippen MR) is 79.9 cm³/mol. The minimum absolute atomic E-state index is 0.0680. The predicted octanol–water partition coefficient (Wildman–Crippen LogP) is 2.49. The Morgan fingerprint density at radius 1 is 1.40 bits per heavy atom. The number of hydrogen-bond acceptors (Lipinski definition) is 3. The van der Waals surface area contributed by atoms with Gasteiger partial charge in [0.15, 0.2) is 0 Å². The molecule has 0 spiro atoms. The average Bonchev–Trinajstić information content (AvgIpc) is 2.87. The van der Waals surface area contributed by atoms with E-state index < -0.39 is 5.54 Å². The van der Waals surface area contributed by atoms with Crippen LogP contribution in [0.2, 0.25) is 5.02 Å². The molecule has 0 bridgehead atoms. The highest BCUT2D eigenvalue weighted by molar-refractivity contribution is 6.30. The Labute approximate surface area is 124 Å². The first-order valence-corrected chi connectivity index (χ1v) is 7.37. The highest BCUT2D eigenvalue weighted by atomic mass is 35.5. The summed E-state index contributed by atoms with van der Waals surface area (Å²) in [7, 11) is 0. The summed E-state index contributed by atoms with van der Waals surface area (Å²) in [6.07, 6.45) is 3.47. The van der Waals surface area contributed by atoms with Crippen LogP contribution in [0.5, 0.6) is 5.75 Å². The Morgan fingerprint density at radius 2 is 2.00 bits per heavy atom. The van der Waals surface area contributed by atoms with E-state index in [0.29, 0.717) is 11.6 Å². The lowest BCUT2D eigenvalue weighted by Crippen LogP contribution is -2.53. The van der Waals surface area contributed by atoms with Gasteiger partial charge in [-0.15, -0.1) is 0 Å². The topological polar surface area (TPSA) is 64.4 Å². The van der Waals surface area contributed by atoms with Gasteiger partial charge in [-0.1, -0.05) is 24.4 Å². The molecule has 0 heterocycles. The van der Waals surface area contributed by atoms with Gasteiger partial charge in [0.25, 0.3) is 0 Å². The van der Waals surface area contributed by atoms with Gasteiger partial charge < -0.3 is 15.8 Å². The molecular weight excluding hydrogens is 276 g/mol. The first-order chi connectivity index (χ1) is 9.49. The number of nitrogens with one attached hydrogen (secondary N) is 1. The molecule has 2 rings (SSSR count). The monoisotopic (exact) mass is 296 g/mol. The highest BCUT2D eigenvalue weighted by Gasteiger charge is 2.36. The number of carbonyl (C=O) groups is 1. The zero-order valence-corrected chi connectivity index (χ0v) is 12.5. The van der Waals surface area contributed by atoms with Crippen LogP contribution in [0.1, 0.15) is 32.6 Å². The van der Waals surface area contributed by atoms with E-state index in [1.165, 1.54) is 0 Å². The largest absolute Gasteiger partial charge is 0.489 e. The Morgan fingerprint density at radius 3 is 2.60 bits per heavy atom. The first-order valence-electron chi connectivity index (χ1n) is 6.99. The number of hydrogen-bond donors (Lipinski definition) is 2. The Bertz CT molecular complexity index is 455. The minimum Gasteiger partial charge on any atom is -0.489 e. The molecule has 1 aromatic rings. The zero-order valence-electron chi connectivity index (χ0n) is 11.7. The van der Waals surface area contributed by atoms with E-state index in [1.807, 2.05) is 19.1 Å². The van der Waals surface area contributed by atoms with Gasteiger partial charge in [0.2, 0.25) is 5.91 Å². The summed E-state index contributed by atoms with van der Waals surface area (Å²) < 4.78 is 5.70. The Hall–Kier alpha value is -1.26. The maximum Gasteiger partial charge on any atom is 0.240 e. The second kappa shape index (κ2) is 6.46. The van der Waals surface area contributed by atoms with E-state index in [2.05, 4.69) is 5.32 Å². The van der Waals surface area contributed by atoms with Gasteiger partial charge in [0.05, 0.1) is 12.1 Å². The molecule has 1 saturated carbocycles. The van der Waals surface area contributed by atoms with E-state index in [1.54, 1.807) is 12.1 Å². The first kappa shape index (κ1) is 15.1. The lowest BCUT2D eigenvalue weighted by atomic mass is 9.98. The molecule has 0 saturated heterocycles. The van der Waals surface area contributed by atoms with Crippen molar-refractivity contribution in [1.29, 1.82) is 0 Å². The molecule has 20 heavy (non-hydrogen) atoms. The maximum absolute atomic E-state index is 12.1. The molecule has 0 aliphatic heterocycles. The zero-order chi connectivity index (χ0) is 14.6. The van der Waals surface area contributed by atoms with Crippen molar-refractivity contribution in [3.63, 3.8) is 0 Å². The van der Waals surface area contributed by atoms with Gasteiger partial charge in [-0.3, -0.25) is 4.79 Å². The van der Waals surface area contributed by atoms with Crippen molar-refractivity contribution in [2.75, 3.05) is 6.54 Å². The van der Waals surface area contributed by atoms with Gasteiger partial charge in [-0.25, -0.2) is 0 Å². The van der Waals surface area contributed by atoms with Crippen molar-refractivity contribution in [3.8, 4) is 5.75 Å². The second-order valence-corrected chi connectivity index (χ2v) is 5.89. The minimum atomic E-state index is -0.681. The molecule has 1 atom stereocenters. The molecule has 0 aromatic heterocycles. The van der Waals surface area contributed by atoms with E-state index in [4.69, 9.17) is 22.1 Å². The summed E-state index contributed by atoms with van der Waals surface area (Å²) in [6.45, 7) is 2.35. The molecule has 1 aliphatic carbocycles. The second-order valence-electron chi connectivity index (χ2n) is 5.46. The van der Waals surface area contributed by atoms with Crippen molar-refractivity contribution >= 4 is 17.5 Å². The number of benzene rings is 1. The van der Waals surface area contributed by atoms with Crippen LogP contribution in [0, 0.1) is 0 Å². The lowest BCUT2D eigenvalue weighted by Gasteiger charge is -2.23. The van der Waals surface area contributed by atoms with Crippen LogP contribution < -0.4 is 15.8 Å². The van der Waals surface area contributed by atoms with E-state index >= 15 is 0 Å². The van der Waals surface area contributed by atoms with Crippen molar-refractivity contribution in [2.24, 2.45) is 5.73 Å². The van der Waals surface area contributed by atoms with Crippen LogP contribution in [0.25, 0.3) is 0 Å². The van der Waals surface area contributed by atoms with Crippen LogP contribution in [0.4, 0.5) is 0 Å². The quantitative estimate of drug-likeness (QED) is 0.877. The fourth-order valence-corrected chi connectivity index (χ4v) is 2.56. The number of amides is 1. The third-order valence-corrected chi connectivity index (χ3v) is 3.90. The summed E-state index contributed by atoms with van der Waals surface area (Å²) in [4.78, 5) is 12.1. The van der Waals surface area contributed by atoms with E-state index in [0.717, 1.165) is 31.4 Å². The molecule has 1 aliphatic rings. The molecule has 4 nitrogen and oxygen atoms in total. The van der Waals surface area contributed by atoms with Gasteiger partial charge >= 0.3 is 0 Å². The Balaban J connectivity index is 1.78. The standard InChI is InChI=1S/C15H21ClN2O2/c1-11(20-13-6-4-12(16)5-7-13)10-18-14(19)15(17)8-2-3-9-15/h4-7,11H,2-3,8-10,17H2,1H3,(H,18,19). The van der Waals surface area contributed by atoms with Crippen molar-refractivity contribution in [2.45, 2.75) is 44.2 Å². The van der Waals surface area contributed by atoms with Gasteiger partial charge in [0, 0.05) is 5.02 Å². The third-order valence-electron chi connectivity index (χ3n) is 3.65. The SMILES string of the molecule is CC(CNC(=O)C1(N)CCCC1)Oc1ccc(Cl)cc1. The number of halogens is 1. The fraction of sp³-hybridized carbons (Fsp3) is 0.533. The van der Waals surface area contributed by atoms with Crippen LogP contribution in [-0.2, 0) is 4.79 Å². The molecule has 5 heteroatoms. The summed E-state index contributed by atoms with van der Waals surface area (Å²) in [5, 5.41) is 3.55. The third kappa shape index (κ3) is 3.87. The average molecular weight is 297 g/mol. The van der Waals surface area contributed by atoms with Crippen LogP contribution >= 0.6 is 11.6 Å². The molecule has 3 N–H and O–H groups in total. The van der Waals surface area contributed by atoms with Crippen LogP contribution in [0.15, 0.2) is 24.3 Å². The molecule has 110 valence electrons. The fourth-order valence-electron chi connectivity index (χ4n) is 2.43.